The Morgan fingerprint density at radius 3 is 2.31 bits per heavy atom. The molecule has 0 fully saturated rings. The number of hydrogen-bond donors (Lipinski definition) is 0. The molecule has 3 nitrogen and oxygen atoms in total. The molecule has 0 saturated carbocycles. The fourth-order valence-electron chi connectivity index (χ4n) is 0.546. The van der Waals surface area contributed by atoms with E-state index in [1.165, 1.54) is 6.08 Å². The number of esters is 1. The first-order valence-corrected chi connectivity index (χ1v) is 4.33. The third-order valence-corrected chi connectivity index (χ3v) is 1.16. The van der Waals surface area contributed by atoms with Gasteiger partial charge in [-0.05, 0) is 5.41 Å². The van der Waals surface area contributed by atoms with Crippen LogP contribution in [0.2, 0.25) is 0 Å². The van der Waals surface area contributed by atoms with Gasteiger partial charge in [0.15, 0.2) is 0 Å². The molecule has 0 aliphatic carbocycles. The summed E-state index contributed by atoms with van der Waals surface area (Å²) < 4.78 is 5.00. The molecule has 0 unspecified atom stereocenters. The molecule has 0 aromatic heterocycles. The molecule has 76 valence electrons. The zero-order chi connectivity index (χ0) is 10.5. The molecule has 0 N–H and O–H groups in total. The number of rotatable bonds is 3. The van der Waals surface area contributed by atoms with Gasteiger partial charge in [0.25, 0.3) is 0 Å². The summed E-state index contributed by atoms with van der Waals surface area (Å²) in [5, 5.41) is 0. The van der Waals surface area contributed by atoms with E-state index < -0.39 is 0 Å². The zero-order valence-electron chi connectivity index (χ0n) is 9.13. The van der Waals surface area contributed by atoms with E-state index in [0.717, 1.165) is 0 Å². The Balaban J connectivity index is 3.77. The van der Waals surface area contributed by atoms with Crippen LogP contribution in [-0.4, -0.2) is 31.6 Å². The fraction of sp³-hybridized carbons (Fsp3) is 0.700. The average Bonchev–Trinajstić information content (AvgIpc) is 1.95. The molecule has 0 aliphatic rings. The van der Waals surface area contributed by atoms with Gasteiger partial charge in [-0.1, -0.05) is 20.8 Å². The summed E-state index contributed by atoms with van der Waals surface area (Å²) >= 11 is 0. The fourth-order valence-corrected chi connectivity index (χ4v) is 0.546. The normalized spacial score (nSPS) is 11.8. The van der Waals surface area contributed by atoms with Crippen molar-refractivity contribution in [2.75, 3.05) is 20.7 Å². The maximum Gasteiger partial charge on any atom is 0.332 e. The highest BCUT2D eigenvalue weighted by molar-refractivity contribution is 5.81. The SMILES string of the molecule is CN(C)C=CC(=O)OCC(C)(C)C. The maximum atomic E-state index is 11.1. The Bertz CT molecular complexity index is 190. The molecule has 13 heavy (non-hydrogen) atoms. The second-order valence-corrected chi connectivity index (χ2v) is 4.45. The van der Waals surface area contributed by atoms with Crippen molar-refractivity contribution in [1.82, 2.24) is 4.90 Å². The summed E-state index contributed by atoms with van der Waals surface area (Å²) in [6.07, 6.45) is 3.09. The number of carbonyl (C=O) groups excluding carboxylic acids is 1. The van der Waals surface area contributed by atoms with Crippen molar-refractivity contribution >= 4 is 5.97 Å². The summed E-state index contributed by atoms with van der Waals surface area (Å²) in [6, 6.07) is 0. The second-order valence-electron chi connectivity index (χ2n) is 4.45. The summed E-state index contributed by atoms with van der Waals surface area (Å²) in [7, 11) is 3.71. The van der Waals surface area contributed by atoms with Crippen LogP contribution in [0.3, 0.4) is 0 Å². The number of ether oxygens (including phenoxy) is 1. The Kier molecular flexibility index (Phi) is 4.52. The maximum absolute atomic E-state index is 11.1. The molecule has 0 aliphatic heterocycles. The Morgan fingerprint density at radius 2 is 1.92 bits per heavy atom. The van der Waals surface area contributed by atoms with E-state index in [2.05, 4.69) is 0 Å². The first kappa shape index (κ1) is 12.0. The summed E-state index contributed by atoms with van der Waals surface area (Å²) in [6.45, 7) is 6.52. The van der Waals surface area contributed by atoms with Crippen molar-refractivity contribution in [3.05, 3.63) is 12.3 Å². The van der Waals surface area contributed by atoms with Crippen LogP contribution in [-0.2, 0) is 9.53 Å². The topological polar surface area (TPSA) is 29.5 Å². The standard InChI is InChI=1S/C10H19NO2/c1-10(2,3)8-13-9(12)6-7-11(4)5/h6-7H,8H2,1-5H3. The lowest BCUT2D eigenvalue weighted by Crippen LogP contribution is -2.17. The lowest BCUT2D eigenvalue weighted by molar-refractivity contribution is -0.140. The summed E-state index contributed by atoms with van der Waals surface area (Å²) in [4.78, 5) is 12.8. The van der Waals surface area contributed by atoms with Crippen LogP contribution in [0, 0.1) is 5.41 Å². The Hall–Kier alpha value is -0.990. The molecule has 0 aromatic carbocycles. The van der Waals surface area contributed by atoms with Gasteiger partial charge in [-0.25, -0.2) is 4.79 Å². The molecule has 3 heteroatoms. The van der Waals surface area contributed by atoms with Crippen molar-refractivity contribution in [2.45, 2.75) is 20.8 Å². The summed E-state index contributed by atoms with van der Waals surface area (Å²) in [5.74, 6) is -0.288. The van der Waals surface area contributed by atoms with Gasteiger partial charge in [-0.3, -0.25) is 0 Å². The van der Waals surface area contributed by atoms with Crippen LogP contribution in [0.15, 0.2) is 12.3 Å². The van der Waals surface area contributed by atoms with E-state index in [9.17, 15) is 4.79 Å². The molecular weight excluding hydrogens is 166 g/mol. The van der Waals surface area contributed by atoms with Gasteiger partial charge in [0.1, 0.15) is 0 Å². The smallest absolute Gasteiger partial charge is 0.332 e. The molecule has 0 bridgehead atoms. The van der Waals surface area contributed by atoms with Crippen molar-refractivity contribution < 1.29 is 9.53 Å². The van der Waals surface area contributed by atoms with Gasteiger partial charge in [-0.2, -0.15) is 0 Å². The van der Waals surface area contributed by atoms with E-state index in [4.69, 9.17) is 4.74 Å². The molecular formula is C10H19NO2. The minimum Gasteiger partial charge on any atom is -0.462 e. The van der Waals surface area contributed by atoms with Crippen LogP contribution < -0.4 is 0 Å². The molecule has 0 atom stereocenters. The predicted molar refractivity (Wildman–Crippen MR) is 53.2 cm³/mol. The van der Waals surface area contributed by atoms with Crippen LogP contribution >= 0.6 is 0 Å². The summed E-state index contributed by atoms with van der Waals surface area (Å²) in [5.41, 5.74) is 0.0294. The third kappa shape index (κ3) is 8.92. The second kappa shape index (κ2) is 4.90. The van der Waals surface area contributed by atoms with Gasteiger partial charge >= 0.3 is 5.97 Å². The van der Waals surface area contributed by atoms with E-state index in [1.54, 1.807) is 11.1 Å². The van der Waals surface area contributed by atoms with Gasteiger partial charge in [0, 0.05) is 26.4 Å². The van der Waals surface area contributed by atoms with E-state index in [1.807, 2.05) is 34.9 Å². The molecule has 0 aromatic rings. The largest absolute Gasteiger partial charge is 0.462 e. The number of hydrogen-bond acceptors (Lipinski definition) is 3. The highest BCUT2D eigenvalue weighted by atomic mass is 16.5. The minimum atomic E-state index is -0.288. The molecule has 0 radical (unpaired) electrons. The molecule has 0 amide bonds. The average molecular weight is 185 g/mol. The van der Waals surface area contributed by atoms with Gasteiger partial charge in [0.05, 0.1) is 6.61 Å². The van der Waals surface area contributed by atoms with Gasteiger partial charge < -0.3 is 9.64 Å². The highest BCUT2D eigenvalue weighted by Crippen LogP contribution is 2.12. The monoisotopic (exact) mass is 185 g/mol. The Labute approximate surface area is 80.4 Å². The van der Waals surface area contributed by atoms with Crippen molar-refractivity contribution in [3.63, 3.8) is 0 Å². The quantitative estimate of drug-likeness (QED) is 0.494. The minimum absolute atomic E-state index is 0.0294. The van der Waals surface area contributed by atoms with Crippen LogP contribution in [0.5, 0.6) is 0 Å². The van der Waals surface area contributed by atoms with Crippen LogP contribution in [0.25, 0.3) is 0 Å². The van der Waals surface area contributed by atoms with E-state index >= 15 is 0 Å². The van der Waals surface area contributed by atoms with E-state index in [-0.39, 0.29) is 11.4 Å². The number of carbonyl (C=O) groups is 1. The molecule has 0 heterocycles. The third-order valence-electron chi connectivity index (χ3n) is 1.16. The first-order chi connectivity index (χ1) is 5.81. The lowest BCUT2D eigenvalue weighted by atomic mass is 9.99. The van der Waals surface area contributed by atoms with Crippen molar-refractivity contribution in [3.8, 4) is 0 Å². The number of nitrogens with zero attached hydrogens (tertiary/aromatic N) is 1. The highest BCUT2D eigenvalue weighted by Gasteiger charge is 2.12. The predicted octanol–water partition coefficient (Wildman–Crippen LogP) is 1.65. The Morgan fingerprint density at radius 1 is 1.38 bits per heavy atom. The van der Waals surface area contributed by atoms with Crippen molar-refractivity contribution in [2.24, 2.45) is 5.41 Å². The van der Waals surface area contributed by atoms with Crippen LogP contribution in [0.4, 0.5) is 0 Å². The van der Waals surface area contributed by atoms with Crippen molar-refractivity contribution in [1.29, 1.82) is 0 Å². The van der Waals surface area contributed by atoms with Crippen LogP contribution in [0.1, 0.15) is 20.8 Å². The van der Waals surface area contributed by atoms with Gasteiger partial charge in [-0.15, -0.1) is 0 Å². The zero-order valence-corrected chi connectivity index (χ0v) is 9.13. The van der Waals surface area contributed by atoms with E-state index in [0.29, 0.717) is 6.61 Å². The molecule has 0 saturated heterocycles. The van der Waals surface area contributed by atoms with Gasteiger partial charge in [0.2, 0.25) is 0 Å². The first-order valence-electron chi connectivity index (χ1n) is 4.33. The lowest BCUT2D eigenvalue weighted by Gasteiger charge is -2.16. The molecule has 0 rings (SSSR count). The molecule has 0 spiro atoms.